The number of carbonyl (C=O) groups excluding carboxylic acids is 2. The van der Waals surface area contributed by atoms with Crippen molar-refractivity contribution in [2.45, 2.75) is 76.1 Å². The van der Waals surface area contributed by atoms with Crippen molar-refractivity contribution < 1.29 is 33.1 Å². The Hall–Kier alpha value is -2.55. The first-order chi connectivity index (χ1) is 19.1. The summed E-state index contributed by atoms with van der Waals surface area (Å²) in [5, 5.41) is 13.9. The number of aliphatic hydroxyl groups is 1. The lowest BCUT2D eigenvalue weighted by Crippen LogP contribution is -2.70. The van der Waals surface area contributed by atoms with Crippen LogP contribution in [0, 0.1) is 28.6 Å². The second-order valence-electron chi connectivity index (χ2n) is 13.4. The number of hydrogen-bond donors (Lipinski definition) is 1. The van der Waals surface area contributed by atoms with Crippen molar-refractivity contribution in [1.29, 1.82) is 0 Å². The van der Waals surface area contributed by atoms with Crippen molar-refractivity contribution >= 4 is 29.0 Å². The van der Waals surface area contributed by atoms with Gasteiger partial charge in [0.05, 0.1) is 18.3 Å². The minimum atomic E-state index is -2.25. The Labute approximate surface area is 244 Å². The minimum absolute atomic E-state index is 0.0663. The third kappa shape index (κ3) is 3.66. The Morgan fingerprint density at radius 3 is 2.59 bits per heavy atom. The number of aliphatic hydroxyl groups excluding tert-OH is 1. The van der Waals surface area contributed by atoms with Gasteiger partial charge in [0.2, 0.25) is 5.60 Å². The van der Waals surface area contributed by atoms with E-state index in [0.29, 0.717) is 23.7 Å². The molecule has 1 aromatic carbocycles. The number of ketones is 1. The number of hydroxylamine groups is 1. The Morgan fingerprint density at radius 1 is 1.24 bits per heavy atom. The van der Waals surface area contributed by atoms with E-state index in [0.717, 1.165) is 0 Å². The van der Waals surface area contributed by atoms with E-state index in [1.807, 2.05) is 6.92 Å². The number of halogens is 3. The fraction of sp³-hybridized carbons (Fsp3) is 0.562. The highest BCUT2D eigenvalue weighted by Gasteiger charge is 2.80. The Kier molecular flexibility index (Phi) is 6.25. The second kappa shape index (κ2) is 8.98. The van der Waals surface area contributed by atoms with Crippen LogP contribution >= 0.6 is 11.6 Å². The summed E-state index contributed by atoms with van der Waals surface area (Å²) in [5.74, 6) is -2.87. The van der Waals surface area contributed by atoms with Gasteiger partial charge in [-0.05, 0) is 94.0 Å². The highest BCUT2D eigenvalue weighted by Crippen LogP contribution is 2.73. The molecule has 1 saturated heterocycles. The third-order valence-electron chi connectivity index (χ3n) is 10.9. The second-order valence-corrected chi connectivity index (χ2v) is 13.8. The number of fused-ring (bicyclic) bond motifs is 7. The van der Waals surface area contributed by atoms with Crippen LogP contribution in [0.2, 0.25) is 5.02 Å². The van der Waals surface area contributed by atoms with Gasteiger partial charge in [-0.2, -0.15) is 0 Å². The summed E-state index contributed by atoms with van der Waals surface area (Å²) in [6, 6.07) is 7.03. The van der Waals surface area contributed by atoms with Gasteiger partial charge in [0, 0.05) is 27.7 Å². The highest BCUT2D eigenvalue weighted by molar-refractivity contribution is 6.30. The molecule has 1 aliphatic heterocycles. The lowest BCUT2D eigenvalue weighted by Gasteiger charge is -2.63. The maximum Gasteiger partial charge on any atom is 0.343 e. The molecule has 9 atom stereocenters. The molecule has 0 radical (unpaired) electrons. The first-order valence-corrected chi connectivity index (χ1v) is 14.6. The van der Waals surface area contributed by atoms with Crippen LogP contribution in [0.5, 0.6) is 0 Å². The van der Waals surface area contributed by atoms with Crippen LogP contribution in [0.15, 0.2) is 60.7 Å². The number of allylic oxidation sites excluding steroid dienone is 4. The van der Waals surface area contributed by atoms with Crippen molar-refractivity contribution in [3.05, 3.63) is 65.7 Å². The summed E-state index contributed by atoms with van der Waals surface area (Å²) in [6.07, 6.45) is 2.32. The molecule has 220 valence electrons. The van der Waals surface area contributed by atoms with Gasteiger partial charge in [0.15, 0.2) is 11.5 Å². The molecule has 0 amide bonds. The molecule has 0 spiro atoms. The zero-order chi connectivity index (χ0) is 29.8. The summed E-state index contributed by atoms with van der Waals surface area (Å²) in [7, 11) is 0. The fourth-order valence-corrected chi connectivity index (χ4v) is 8.83. The standard InChI is InChI=1S/C32H36ClF2NO5/c1-6-28(2,3)40-27(39)32-18(17-36(41-32)20-9-7-19(33)8-10-20)13-22-23-15-25(34)24-14-21(37)11-12-29(24,4)31(23,35)26(38)16-30(22,32)5/h6-12,14,18,22-23,25-26,38H,1,13,15-17H2,2-5H3/t18-,22-,23-,25-,26-,29-,30-,31-,32-/m0/s1. The molecule has 0 aromatic heterocycles. The van der Waals surface area contributed by atoms with E-state index in [9.17, 15) is 14.7 Å². The van der Waals surface area contributed by atoms with Crippen LogP contribution in [-0.4, -0.2) is 52.6 Å². The summed E-state index contributed by atoms with van der Waals surface area (Å²) in [4.78, 5) is 33.1. The first kappa shape index (κ1) is 28.6. The van der Waals surface area contributed by atoms with Crippen LogP contribution in [-0.2, 0) is 19.2 Å². The van der Waals surface area contributed by atoms with Crippen molar-refractivity contribution in [3.63, 3.8) is 0 Å². The Morgan fingerprint density at radius 2 is 1.93 bits per heavy atom. The van der Waals surface area contributed by atoms with E-state index in [1.54, 1.807) is 50.1 Å². The summed E-state index contributed by atoms with van der Waals surface area (Å²) < 4.78 is 39.5. The number of esters is 1. The highest BCUT2D eigenvalue weighted by atomic mass is 35.5. The zero-order valence-electron chi connectivity index (χ0n) is 23.7. The number of ether oxygens (including phenoxy) is 1. The van der Waals surface area contributed by atoms with Gasteiger partial charge >= 0.3 is 5.97 Å². The molecular formula is C32H36ClF2NO5. The molecule has 1 heterocycles. The summed E-state index contributed by atoms with van der Waals surface area (Å²) in [5.41, 5.74) is -6.67. The van der Waals surface area contributed by atoms with Gasteiger partial charge in [0.25, 0.3) is 0 Å². The predicted octanol–water partition coefficient (Wildman–Crippen LogP) is 5.88. The van der Waals surface area contributed by atoms with E-state index in [1.165, 1.54) is 24.3 Å². The number of hydrogen-bond acceptors (Lipinski definition) is 6. The number of nitrogens with zero attached hydrogens (tertiary/aromatic N) is 1. The molecule has 3 saturated carbocycles. The number of rotatable bonds is 4. The van der Waals surface area contributed by atoms with Crippen molar-refractivity contribution in [3.8, 4) is 0 Å². The fourth-order valence-electron chi connectivity index (χ4n) is 8.71. The molecule has 6 rings (SSSR count). The van der Waals surface area contributed by atoms with E-state index in [4.69, 9.17) is 21.2 Å². The molecule has 0 bridgehead atoms. The topological polar surface area (TPSA) is 76.1 Å². The van der Waals surface area contributed by atoms with Crippen molar-refractivity contribution in [2.24, 2.45) is 28.6 Å². The predicted molar refractivity (Wildman–Crippen MR) is 150 cm³/mol. The maximum atomic E-state index is 17.6. The largest absolute Gasteiger partial charge is 0.453 e. The van der Waals surface area contributed by atoms with Crippen LogP contribution in [0.1, 0.15) is 47.0 Å². The molecule has 1 N–H and O–H groups in total. The smallest absolute Gasteiger partial charge is 0.343 e. The van der Waals surface area contributed by atoms with Crippen LogP contribution < -0.4 is 5.06 Å². The van der Waals surface area contributed by atoms with Crippen LogP contribution in [0.4, 0.5) is 14.5 Å². The molecule has 5 aliphatic rings. The normalized spacial score (nSPS) is 43.0. The van der Waals surface area contributed by atoms with Crippen LogP contribution in [0.25, 0.3) is 0 Å². The van der Waals surface area contributed by atoms with Crippen molar-refractivity contribution in [1.82, 2.24) is 0 Å². The molecule has 4 aliphatic carbocycles. The first-order valence-electron chi connectivity index (χ1n) is 14.2. The van der Waals surface area contributed by atoms with Crippen LogP contribution in [0.3, 0.4) is 0 Å². The van der Waals surface area contributed by atoms with E-state index < -0.39 is 69.5 Å². The quantitative estimate of drug-likeness (QED) is 0.350. The number of anilines is 1. The zero-order valence-corrected chi connectivity index (χ0v) is 24.5. The minimum Gasteiger partial charge on any atom is -0.453 e. The lowest BCUT2D eigenvalue weighted by atomic mass is 9.44. The van der Waals surface area contributed by atoms with Gasteiger partial charge in [-0.25, -0.2) is 13.6 Å². The van der Waals surface area contributed by atoms with Gasteiger partial charge in [-0.3, -0.25) is 14.7 Å². The molecule has 0 unspecified atom stereocenters. The van der Waals surface area contributed by atoms with Gasteiger partial charge in [0.1, 0.15) is 11.8 Å². The number of benzene rings is 1. The number of alkyl halides is 2. The molecule has 6 nitrogen and oxygen atoms in total. The van der Waals surface area contributed by atoms with Crippen molar-refractivity contribution in [2.75, 3.05) is 11.6 Å². The Balaban J connectivity index is 1.46. The van der Waals surface area contributed by atoms with Gasteiger partial charge in [-0.1, -0.05) is 31.2 Å². The molecule has 1 aromatic rings. The SMILES string of the molecule is C=CC(C)(C)OC(=O)[C@@]12ON(c3ccc(Cl)cc3)C[C@@H]1C[C@H]1[C@@H]3C[C@H](F)C4=CC(=O)C=C[C@]4(C)[C@@]3(F)[C@@H](O)C[C@@]12C. The van der Waals surface area contributed by atoms with Gasteiger partial charge in [-0.15, -0.1) is 0 Å². The molecule has 41 heavy (non-hydrogen) atoms. The third-order valence-corrected chi connectivity index (χ3v) is 11.1. The maximum absolute atomic E-state index is 17.6. The monoisotopic (exact) mass is 587 g/mol. The Bertz CT molecular complexity index is 1380. The number of carbonyl (C=O) groups is 2. The molecular weight excluding hydrogens is 552 g/mol. The van der Waals surface area contributed by atoms with Gasteiger partial charge < -0.3 is 9.84 Å². The van der Waals surface area contributed by atoms with E-state index >= 15 is 8.78 Å². The molecule has 4 fully saturated rings. The summed E-state index contributed by atoms with van der Waals surface area (Å²) in [6.45, 7) is 10.9. The van der Waals surface area contributed by atoms with E-state index in [2.05, 4.69) is 6.58 Å². The average Bonchev–Trinajstić information content (AvgIpc) is 3.41. The lowest BCUT2D eigenvalue weighted by molar-refractivity contribution is -0.238. The summed E-state index contributed by atoms with van der Waals surface area (Å²) >= 11 is 6.10. The molecule has 9 heteroatoms. The van der Waals surface area contributed by atoms with E-state index in [-0.39, 0.29) is 18.4 Å². The average molecular weight is 588 g/mol.